The molecule has 12 heavy (non-hydrogen) atoms. The van der Waals surface area contributed by atoms with E-state index < -0.39 is 7.60 Å². The highest BCUT2D eigenvalue weighted by atomic mass is 31.2. The maximum atomic E-state index is 11.5. The Morgan fingerprint density at radius 1 is 1.58 bits per heavy atom. The maximum Gasteiger partial charge on any atom is 0.336 e. The topological polar surface area (TPSA) is 44.8 Å². The smallest absolute Gasteiger partial charge is 0.336 e. The molecule has 0 fully saturated rings. The van der Waals surface area contributed by atoms with Crippen LogP contribution in [0.4, 0.5) is 0 Å². The van der Waals surface area contributed by atoms with Crippen molar-refractivity contribution in [1.29, 1.82) is 0 Å². The fraction of sp³-hybridized carbons (Fsp3) is 0.714. The van der Waals surface area contributed by atoms with Crippen molar-refractivity contribution in [3.63, 3.8) is 0 Å². The molecular weight excluding hydrogens is 179 g/mol. The van der Waals surface area contributed by atoms with Crippen molar-refractivity contribution in [3.05, 3.63) is 12.7 Å². The predicted molar refractivity (Wildman–Crippen MR) is 47.3 cm³/mol. The Labute approximate surface area is 73.0 Å². The van der Waals surface area contributed by atoms with E-state index in [0.717, 1.165) is 0 Å². The summed E-state index contributed by atoms with van der Waals surface area (Å²) in [4.78, 5) is 0. The normalized spacial score (nSPS) is 15.5. The van der Waals surface area contributed by atoms with Crippen LogP contribution in [0.3, 0.4) is 0 Å². The van der Waals surface area contributed by atoms with E-state index in [4.69, 9.17) is 13.8 Å². The molecule has 0 amide bonds. The van der Waals surface area contributed by atoms with Gasteiger partial charge in [0.05, 0.1) is 6.16 Å². The van der Waals surface area contributed by atoms with E-state index in [-0.39, 0.29) is 13.0 Å². The highest BCUT2D eigenvalue weighted by Gasteiger charge is 2.20. The van der Waals surface area contributed by atoms with Crippen LogP contribution in [0.2, 0.25) is 0 Å². The van der Waals surface area contributed by atoms with Gasteiger partial charge < -0.3 is 9.26 Å². The monoisotopic (exact) mass is 194 g/mol. The first kappa shape index (κ1) is 11.8. The van der Waals surface area contributed by atoms with Gasteiger partial charge in [0.15, 0.2) is 6.79 Å². The minimum Gasteiger partial charge on any atom is -0.355 e. The van der Waals surface area contributed by atoms with Gasteiger partial charge in [-0.2, -0.15) is 0 Å². The largest absolute Gasteiger partial charge is 0.355 e. The van der Waals surface area contributed by atoms with Crippen molar-refractivity contribution in [2.24, 2.45) is 0 Å². The molecule has 0 rings (SSSR count). The van der Waals surface area contributed by atoms with E-state index in [2.05, 4.69) is 6.58 Å². The van der Waals surface area contributed by atoms with Crippen LogP contribution in [0.25, 0.3) is 0 Å². The van der Waals surface area contributed by atoms with Gasteiger partial charge in [0.25, 0.3) is 0 Å². The molecule has 0 heterocycles. The molecule has 0 spiro atoms. The summed E-state index contributed by atoms with van der Waals surface area (Å²) in [6.45, 7) is 5.80. The van der Waals surface area contributed by atoms with E-state index in [1.165, 1.54) is 13.2 Å². The van der Waals surface area contributed by atoms with Crippen molar-refractivity contribution in [3.8, 4) is 0 Å². The van der Waals surface area contributed by atoms with Gasteiger partial charge in [0.1, 0.15) is 0 Å². The van der Waals surface area contributed by atoms with Crippen LogP contribution in [0, 0.1) is 0 Å². The summed E-state index contributed by atoms with van der Waals surface area (Å²) in [6, 6.07) is 0. The van der Waals surface area contributed by atoms with Gasteiger partial charge in [0, 0.05) is 13.7 Å². The number of hydrogen-bond donors (Lipinski definition) is 0. The second kappa shape index (κ2) is 6.38. The second-order valence-electron chi connectivity index (χ2n) is 2.00. The molecular formula is C7H15O4P. The Balaban J connectivity index is 3.79. The molecule has 1 unspecified atom stereocenters. The zero-order valence-corrected chi connectivity index (χ0v) is 8.38. The van der Waals surface area contributed by atoms with Gasteiger partial charge in [-0.3, -0.25) is 9.09 Å². The lowest BCUT2D eigenvalue weighted by Crippen LogP contribution is -2.01. The standard InChI is InChI=1S/C7H15O4P/c1-4-6-12(8,9-3)11-7-10-5-2/h4H,1,5-7H2,2-3H3. The van der Waals surface area contributed by atoms with Crippen LogP contribution in [-0.4, -0.2) is 26.7 Å². The second-order valence-corrected chi connectivity index (χ2v) is 4.21. The van der Waals surface area contributed by atoms with Crippen molar-refractivity contribution < 1.29 is 18.3 Å². The summed E-state index contributed by atoms with van der Waals surface area (Å²) in [5.41, 5.74) is 0. The number of allylic oxidation sites excluding steroid dienone is 1. The Kier molecular flexibility index (Phi) is 6.30. The minimum atomic E-state index is -2.97. The van der Waals surface area contributed by atoms with Crippen LogP contribution in [0.5, 0.6) is 0 Å². The summed E-state index contributed by atoms with van der Waals surface area (Å²) >= 11 is 0. The van der Waals surface area contributed by atoms with E-state index in [0.29, 0.717) is 6.61 Å². The van der Waals surface area contributed by atoms with E-state index in [9.17, 15) is 4.57 Å². The zero-order chi connectivity index (χ0) is 9.45. The maximum absolute atomic E-state index is 11.5. The number of rotatable bonds is 7. The Morgan fingerprint density at radius 3 is 2.67 bits per heavy atom. The highest BCUT2D eigenvalue weighted by molar-refractivity contribution is 7.54. The van der Waals surface area contributed by atoms with Gasteiger partial charge in [-0.05, 0) is 6.92 Å². The molecule has 1 atom stereocenters. The molecule has 4 nitrogen and oxygen atoms in total. The molecule has 0 aromatic heterocycles. The van der Waals surface area contributed by atoms with Crippen LogP contribution in [0.1, 0.15) is 6.92 Å². The summed E-state index contributed by atoms with van der Waals surface area (Å²) < 4.78 is 25.9. The quantitative estimate of drug-likeness (QED) is 0.269. The van der Waals surface area contributed by atoms with Gasteiger partial charge in [-0.25, -0.2) is 0 Å². The van der Waals surface area contributed by atoms with Gasteiger partial charge >= 0.3 is 7.60 Å². The lowest BCUT2D eigenvalue weighted by atomic mass is 10.8. The summed E-state index contributed by atoms with van der Waals surface area (Å²) in [5, 5.41) is 0. The third-order valence-electron chi connectivity index (χ3n) is 1.17. The molecule has 72 valence electrons. The third kappa shape index (κ3) is 4.67. The van der Waals surface area contributed by atoms with Crippen LogP contribution in [0.15, 0.2) is 12.7 Å². The fourth-order valence-corrected chi connectivity index (χ4v) is 1.45. The van der Waals surface area contributed by atoms with Crippen molar-refractivity contribution in [2.75, 3.05) is 26.7 Å². The van der Waals surface area contributed by atoms with E-state index >= 15 is 0 Å². The Hall–Kier alpha value is -0.150. The average Bonchev–Trinajstić information content (AvgIpc) is 2.06. The van der Waals surface area contributed by atoms with Gasteiger partial charge in [-0.15, -0.1) is 6.58 Å². The molecule has 0 aliphatic rings. The van der Waals surface area contributed by atoms with Crippen molar-refractivity contribution in [1.82, 2.24) is 0 Å². The first-order valence-electron chi connectivity index (χ1n) is 3.66. The molecule has 0 N–H and O–H groups in total. The molecule has 0 aliphatic carbocycles. The molecule has 0 aliphatic heterocycles. The molecule has 0 saturated carbocycles. The molecule has 0 bridgehead atoms. The lowest BCUT2D eigenvalue weighted by Gasteiger charge is -2.13. The first-order valence-corrected chi connectivity index (χ1v) is 5.39. The number of ether oxygens (including phenoxy) is 1. The van der Waals surface area contributed by atoms with Gasteiger partial charge in [0.2, 0.25) is 0 Å². The zero-order valence-electron chi connectivity index (χ0n) is 7.49. The molecule has 5 heteroatoms. The summed E-state index contributed by atoms with van der Waals surface area (Å²) in [7, 11) is -1.63. The number of hydrogen-bond acceptors (Lipinski definition) is 4. The van der Waals surface area contributed by atoms with Crippen molar-refractivity contribution in [2.45, 2.75) is 6.92 Å². The Bertz CT molecular complexity index is 169. The Morgan fingerprint density at radius 2 is 2.25 bits per heavy atom. The lowest BCUT2D eigenvalue weighted by molar-refractivity contribution is 0.0141. The molecule has 0 aromatic carbocycles. The highest BCUT2D eigenvalue weighted by Crippen LogP contribution is 2.46. The summed E-state index contributed by atoms with van der Waals surface area (Å²) in [6.07, 6.45) is 1.70. The van der Waals surface area contributed by atoms with Crippen LogP contribution >= 0.6 is 7.60 Å². The molecule has 0 saturated heterocycles. The SMILES string of the molecule is C=CCP(=O)(OC)OCOCC. The van der Waals surface area contributed by atoms with E-state index in [1.807, 2.05) is 6.92 Å². The van der Waals surface area contributed by atoms with Crippen LogP contribution in [-0.2, 0) is 18.3 Å². The fourth-order valence-electron chi connectivity index (χ4n) is 0.539. The van der Waals surface area contributed by atoms with Crippen molar-refractivity contribution >= 4 is 7.60 Å². The predicted octanol–water partition coefficient (Wildman–Crippen LogP) is 2.02. The van der Waals surface area contributed by atoms with Crippen LogP contribution < -0.4 is 0 Å². The molecule has 0 aromatic rings. The third-order valence-corrected chi connectivity index (χ3v) is 2.93. The minimum absolute atomic E-state index is 0.00451. The van der Waals surface area contributed by atoms with Gasteiger partial charge in [-0.1, -0.05) is 6.08 Å². The summed E-state index contributed by atoms with van der Waals surface area (Å²) in [5.74, 6) is 0. The van der Waals surface area contributed by atoms with E-state index in [1.54, 1.807) is 0 Å². The average molecular weight is 194 g/mol. The first-order chi connectivity index (χ1) is 5.68. The molecule has 0 radical (unpaired) electrons.